The number of hydrogen-bond acceptors (Lipinski definition) is 7. The minimum atomic E-state index is -0.672. The molecule has 0 bridgehead atoms. The number of aryl methyl sites for hydroxylation is 1. The van der Waals surface area contributed by atoms with Crippen molar-refractivity contribution in [2.24, 2.45) is 7.05 Å². The van der Waals surface area contributed by atoms with E-state index in [1.54, 1.807) is 17.9 Å². The van der Waals surface area contributed by atoms with E-state index in [4.69, 9.17) is 11.6 Å². The van der Waals surface area contributed by atoms with Crippen LogP contribution in [0, 0.1) is 10.1 Å². The van der Waals surface area contributed by atoms with Gasteiger partial charge in [-0.15, -0.1) is 0 Å². The molecule has 3 aromatic rings. The molecule has 0 spiro atoms. The minimum absolute atomic E-state index is 0.127. The summed E-state index contributed by atoms with van der Waals surface area (Å²) >= 11 is 6.04. The van der Waals surface area contributed by atoms with Crippen LogP contribution in [0.2, 0.25) is 5.15 Å². The fourth-order valence-corrected chi connectivity index (χ4v) is 1.92. The van der Waals surface area contributed by atoms with Crippen LogP contribution in [0.15, 0.2) is 12.5 Å². The summed E-state index contributed by atoms with van der Waals surface area (Å²) in [6, 6.07) is 0. The van der Waals surface area contributed by atoms with Gasteiger partial charge in [-0.2, -0.15) is 9.78 Å². The van der Waals surface area contributed by atoms with Crippen LogP contribution in [0.5, 0.6) is 0 Å². The fourth-order valence-electron chi connectivity index (χ4n) is 1.69. The van der Waals surface area contributed by atoms with E-state index in [1.165, 1.54) is 11.0 Å². The first-order valence-electron chi connectivity index (χ1n) is 5.42. The minimum Gasteiger partial charge on any atom is -0.390 e. The van der Waals surface area contributed by atoms with E-state index in [0.29, 0.717) is 16.9 Å². The van der Waals surface area contributed by atoms with Crippen LogP contribution in [0.4, 0.5) is 5.95 Å². The predicted octanol–water partition coefficient (Wildman–Crippen LogP) is 0.565. The number of halogens is 1. The molecule has 0 aromatic carbocycles. The summed E-state index contributed by atoms with van der Waals surface area (Å²) in [5, 5.41) is 19.1. The highest BCUT2D eigenvalue weighted by atomic mass is 35.5. The Morgan fingerprint density at radius 3 is 2.95 bits per heavy atom. The summed E-state index contributed by atoms with van der Waals surface area (Å²) in [6.45, 7) is 0.127. The third-order valence-electron chi connectivity index (χ3n) is 2.58. The number of rotatable bonds is 3. The van der Waals surface area contributed by atoms with Crippen LogP contribution in [0.3, 0.4) is 0 Å². The number of nitro groups is 1. The van der Waals surface area contributed by atoms with Crippen molar-refractivity contribution in [3.8, 4) is 0 Å². The van der Waals surface area contributed by atoms with Gasteiger partial charge in [0.25, 0.3) is 0 Å². The molecule has 0 unspecified atom stereocenters. The number of fused-ring (bicyclic) bond motifs is 1. The van der Waals surface area contributed by atoms with Crippen molar-refractivity contribution in [3.63, 3.8) is 0 Å². The summed E-state index contributed by atoms with van der Waals surface area (Å²) in [4.78, 5) is 21.8. The maximum absolute atomic E-state index is 10.5. The maximum Gasteiger partial charge on any atom is 0.490 e. The van der Waals surface area contributed by atoms with Gasteiger partial charge in [0.1, 0.15) is 11.7 Å². The van der Waals surface area contributed by atoms with E-state index in [9.17, 15) is 10.1 Å². The molecule has 102 valence electrons. The lowest BCUT2D eigenvalue weighted by molar-refractivity contribution is -0.394. The molecule has 0 saturated heterocycles. The standard InChI is InChI=1S/C9H7ClN8O2/c1-16-8-5(2-12-16)7(10)13-6(14-8)3-17-4-11-9(15-17)18(19)20/h2,4H,3H2,1H3. The Bertz CT molecular complexity index is 809. The molecule has 0 N–H and O–H groups in total. The van der Waals surface area contributed by atoms with Gasteiger partial charge in [-0.3, -0.25) is 4.68 Å². The highest BCUT2D eigenvalue weighted by Crippen LogP contribution is 2.19. The average molecular weight is 295 g/mol. The molecule has 3 rings (SSSR count). The molecule has 0 saturated carbocycles. The molecule has 0 aliphatic rings. The number of aromatic nitrogens is 7. The van der Waals surface area contributed by atoms with Crippen molar-refractivity contribution in [1.29, 1.82) is 0 Å². The lowest BCUT2D eigenvalue weighted by Crippen LogP contribution is -2.07. The molecule has 0 atom stereocenters. The third kappa shape index (κ3) is 2.05. The smallest absolute Gasteiger partial charge is 0.390 e. The van der Waals surface area contributed by atoms with Gasteiger partial charge in [-0.05, 0) is 4.92 Å². The Kier molecular flexibility index (Phi) is 2.79. The number of hydrogen-bond donors (Lipinski definition) is 0. The second-order valence-corrected chi connectivity index (χ2v) is 4.29. The molecule has 3 heterocycles. The van der Waals surface area contributed by atoms with E-state index < -0.39 is 10.9 Å². The maximum atomic E-state index is 10.5. The van der Waals surface area contributed by atoms with Crippen molar-refractivity contribution < 1.29 is 4.92 Å². The van der Waals surface area contributed by atoms with Gasteiger partial charge in [0.2, 0.25) is 6.33 Å². The van der Waals surface area contributed by atoms with Gasteiger partial charge < -0.3 is 10.1 Å². The summed E-state index contributed by atoms with van der Waals surface area (Å²) in [5.74, 6) is -0.108. The van der Waals surface area contributed by atoms with Crippen molar-refractivity contribution in [2.75, 3.05) is 0 Å². The van der Waals surface area contributed by atoms with Crippen molar-refractivity contribution in [3.05, 3.63) is 33.6 Å². The third-order valence-corrected chi connectivity index (χ3v) is 2.87. The fraction of sp³-hybridized carbons (Fsp3) is 0.222. The average Bonchev–Trinajstić information content (AvgIpc) is 2.98. The van der Waals surface area contributed by atoms with Gasteiger partial charge in [-0.1, -0.05) is 16.6 Å². The Balaban J connectivity index is 1.97. The highest BCUT2D eigenvalue weighted by Gasteiger charge is 2.15. The van der Waals surface area contributed by atoms with Crippen LogP contribution < -0.4 is 0 Å². The molecule has 0 aliphatic carbocycles. The second-order valence-electron chi connectivity index (χ2n) is 3.94. The van der Waals surface area contributed by atoms with Crippen LogP contribution in [-0.2, 0) is 13.6 Å². The van der Waals surface area contributed by atoms with E-state index >= 15 is 0 Å². The first-order chi connectivity index (χ1) is 9.54. The molecule has 0 fully saturated rings. The van der Waals surface area contributed by atoms with Crippen LogP contribution in [0.1, 0.15) is 5.82 Å². The van der Waals surface area contributed by atoms with E-state index in [1.807, 2.05) is 0 Å². The summed E-state index contributed by atoms with van der Waals surface area (Å²) < 4.78 is 2.84. The zero-order chi connectivity index (χ0) is 14.3. The van der Waals surface area contributed by atoms with Crippen molar-refractivity contribution in [2.45, 2.75) is 6.54 Å². The zero-order valence-electron chi connectivity index (χ0n) is 10.1. The molecule has 10 nitrogen and oxygen atoms in total. The highest BCUT2D eigenvalue weighted by molar-refractivity contribution is 6.33. The van der Waals surface area contributed by atoms with Gasteiger partial charge in [0.05, 0.1) is 11.6 Å². The largest absolute Gasteiger partial charge is 0.490 e. The van der Waals surface area contributed by atoms with Gasteiger partial charge in [0, 0.05) is 12.1 Å². The molecule has 3 aromatic heterocycles. The first-order valence-corrected chi connectivity index (χ1v) is 5.80. The molecule has 0 amide bonds. The monoisotopic (exact) mass is 294 g/mol. The van der Waals surface area contributed by atoms with E-state index in [0.717, 1.165) is 0 Å². The second kappa shape index (κ2) is 4.49. The molecular formula is C9H7ClN8O2. The van der Waals surface area contributed by atoms with Crippen molar-refractivity contribution >= 4 is 28.6 Å². The Labute approximate surface area is 116 Å². The topological polar surface area (TPSA) is 117 Å². The van der Waals surface area contributed by atoms with Crippen LogP contribution >= 0.6 is 11.6 Å². The number of nitrogens with zero attached hydrogens (tertiary/aromatic N) is 8. The molecule has 20 heavy (non-hydrogen) atoms. The van der Waals surface area contributed by atoms with Gasteiger partial charge in [0.15, 0.2) is 11.5 Å². The van der Waals surface area contributed by atoms with Crippen LogP contribution in [-0.4, -0.2) is 39.4 Å². The summed E-state index contributed by atoms with van der Waals surface area (Å²) in [7, 11) is 1.73. The Morgan fingerprint density at radius 2 is 2.25 bits per heavy atom. The molecule has 0 aliphatic heterocycles. The quantitative estimate of drug-likeness (QED) is 0.393. The molecular weight excluding hydrogens is 288 g/mol. The van der Waals surface area contributed by atoms with Gasteiger partial charge in [-0.25, -0.2) is 9.97 Å². The normalized spacial score (nSPS) is 11.1. The Hall–Kier alpha value is -2.62. The van der Waals surface area contributed by atoms with Gasteiger partial charge >= 0.3 is 5.95 Å². The Morgan fingerprint density at radius 1 is 1.45 bits per heavy atom. The first kappa shape index (κ1) is 12.4. The summed E-state index contributed by atoms with van der Waals surface area (Å²) in [5.41, 5.74) is 0.578. The molecule has 0 radical (unpaired) electrons. The van der Waals surface area contributed by atoms with E-state index in [-0.39, 0.29) is 11.7 Å². The predicted molar refractivity (Wildman–Crippen MR) is 67.1 cm³/mol. The van der Waals surface area contributed by atoms with Crippen molar-refractivity contribution in [1.82, 2.24) is 34.5 Å². The van der Waals surface area contributed by atoms with E-state index in [2.05, 4.69) is 25.1 Å². The van der Waals surface area contributed by atoms with Crippen LogP contribution in [0.25, 0.3) is 11.0 Å². The lowest BCUT2D eigenvalue weighted by Gasteiger charge is -2.00. The lowest BCUT2D eigenvalue weighted by atomic mass is 10.4. The summed E-state index contributed by atoms with van der Waals surface area (Å²) in [6.07, 6.45) is 2.81. The SMILES string of the molecule is Cn1ncc2c(Cl)nc(Cn3cnc([N+](=O)[O-])n3)nc21. The molecule has 11 heteroatoms. The zero-order valence-corrected chi connectivity index (χ0v) is 10.9.